The molecule has 15 nitrogen and oxygen atoms in total. The average molecular weight is 959 g/mol. The zero-order chi connectivity index (χ0) is 49.5. The highest BCUT2D eigenvalue weighted by Gasteiger charge is 2.45. The summed E-state index contributed by atoms with van der Waals surface area (Å²) < 4.78 is 16.6. The smallest absolute Gasteiger partial charge is 0.306 e. The molecule has 1 saturated heterocycles. The molecular formula is C52H98N2O13. The summed E-state index contributed by atoms with van der Waals surface area (Å²) in [7, 11) is 0. The fraction of sp³-hybridized carbons (Fsp3) is 0.904. The number of aliphatic hydroxyl groups is 7. The van der Waals surface area contributed by atoms with Crippen molar-refractivity contribution in [1.82, 2.24) is 10.6 Å². The molecule has 1 heterocycles. The molecule has 0 aliphatic carbocycles. The normalized spacial score (nSPS) is 20.2. The largest absolute Gasteiger partial charge is 0.508 e. The Balaban J connectivity index is 2.69. The first-order valence-corrected chi connectivity index (χ1v) is 26.9. The quantitative estimate of drug-likeness (QED) is 0.0120. The SMILES string of the molecule is CCCCCCCCCCCCCC(=O)O[C@H](CCCCCCCCCCC)CC(=O)N/C(=C(/O)CO)[C@@H](O)OCC1OC(O)C(NC(=O)C[C@H](O)CCCCCCCCCCC)C(O)C1O. The molecule has 1 aliphatic rings. The molecule has 15 heteroatoms. The van der Waals surface area contributed by atoms with Gasteiger partial charge in [-0.2, -0.15) is 0 Å². The zero-order valence-corrected chi connectivity index (χ0v) is 42.2. The standard InChI is InChI=1S/C52H98N2O13/c1-4-7-10-13-16-19-20-23-26-29-32-35-46(60)66-41(34-31-28-25-22-18-15-12-9-6-3)37-45(59)53-47(42(57)38-55)51(63)65-39-43-49(61)50(62)48(52(64)67-43)54-44(58)36-40(56)33-30-27-24-21-17-14-11-8-5-2/h40-41,43,48-52,55-57,61-64H,4-39H2,1-3H3,(H,53,59)(H,54,58)/b47-42+/t40-,41-,43?,48?,49?,50?,51+,52?/m1/s1. The number of carbonyl (C=O) groups excluding carboxylic acids is 3. The Hall–Kier alpha value is -2.37. The van der Waals surface area contributed by atoms with Crippen LogP contribution in [0.3, 0.4) is 0 Å². The van der Waals surface area contributed by atoms with Gasteiger partial charge in [0.25, 0.3) is 0 Å². The predicted octanol–water partition coefficient (Wildman–Crippen LogP) is 8.72. The Morgan fingerprint density at radius 1 is 0.582 bits per heavy atom. The summed E-state index contributed by atoms with van der Waals surface area (Å²) in [5.74, 6) is -2.55. The number of ether oxygens (including phenoxy) is 3. The van der Waals surface area contributed by atoms with Gasteiger partial charge in [-0.25, -0.2) is 0 Å². The molecule has 1 aliphatic heterocycles. The van der Waals surface area contributed by atoms with Crippen LogP contribution in [0.25, 0.3) is 0 Å². The summed E-state index contributed by atoms with van der Waals surface area (Å²) in [6.07, 6.45) is 22.8. The molecule has 8 atom stereocenters. The molecule has 394 valence electrons. The molecule has 0 aromatic carbocycles. The molecular weight excluding hydrogens is 861 g/mol. The van der Waals surface area contributed by atoms with Crippen molar-refractivity contribution >= 4 is 17.8 Å². The average Bonchev–Trinajstić information content (AvgIpc) is 3.30. The maximum Gasteiger partial charge on any atom is 0.306 e. The Morgan fingerprint density at radius 2 is 1.03 bits per heavy atom. The lowest BCUT2D eigenvalue weighted by molar-refractivity contribution is -0.264. The minimum atomic E-state index is -2.06. The molecule has 5 unspecified atom stereocenters. The Labute approximate surface area is 404 Å². The van der Waals surface area contributed by atoms with E-state index in [1.54, 1.807) is 0 Å². The maximum absolute atomic E-state index is 13.4. The van der Waals surface area contributed by atoms with Gasteiger partial charge in [-0.1, -0.05) is 194 Å². The van der Waals surface area contributed by atoms with Crippen LogP contribution in [0.5, 0.6) is 0 Å². The third-order valence-corrected chi connectivity index (χ3v) is 12.8. The van der Waals surface area contributed by atoms with Crippen molar-refractivity contribution in [2.24, 2.45) is 0 Å². The second-order valence-electron chi connectivity index (χ2n) is 19.1. The number of amides is 2. The first kappa shape index (κ1) is 62.6. The number of nitrogens with one attached hydrogen (secondary N) is 2. The summed E-state index contributed by atoms with van der Waals surface area (Å²) >= 11 is 0. The van der Waals surface area contributed by atoms with Crippen LogP contribution in [0, 0.1) is 0 Å². The molecule has 0 aromatic heterocycles. The van der Waals surface area contributed by atoms with Crippen LogP contribution in [0.15, 0.2) is 11.5 Å². The van der Waals surface area contributed by atoms with Crippen LogP contribution in [0.2, 0.25) is 0 Å². The van der Waals surface area contributed by atoms with Gasteiger partial charge < -0.3 is 60.6 Å². The van der Waals surface area contributed by atoms with Gasteiger partial charge in [-0.05, 0) is 25.7 Å². The van der Waals surface area contributed by atoms with Crippen molar-refractivity contribution in [3.8, 4) is 0 Å². The highest BCUT2D eigenvalue weighted by molar-refractivity contribution is 5.79. The molecule has 0 radical (unpaired) electrons. The van der Waals surface area contributed by atoms with E-state index in [0.717, 1.165) is 70.6 Å². The summed E-state index contributed by atoms with van der Waals surface area (Å²) in [6, 6.07) is -1.44. The third-order valence-electron chi connectivity index (χ3n) is 12.8. The van der Waals surface area contributed by atoms with Crippen molar-refractivity contribution in [2.75, 3.05) is 13.2 Å². The van der Waals surface area contributed by atoms with Gasteiger partial charge in [-0.3, -0.25) is 14.4 Å². The van der Waals surface area contributed by atoms with Crippen LogP contribution in [-0.4, -0.2) is 116 Å². The summed E-state index contributed by atoms with van der Waals surface area (Å²) in [5.41, 5.74) is -0.584. The lowest BCUT2D eigenvalue weighted by atomic mass is 9.96. The Kier molecular flexibility index (Phi) is 38.7. The molecule has 0 aromatic rings. The molecule has 2 amide bonds. The molecule has 1 rings (SSSR count). The van der Waals surface area contributed by atoms with Crippen molar-refractivity contribution in [1.29, 1.82) is 0 Å². The number of unbranched alkanes of at least 4 members (excludes halogenated alkanes) is 26. The highest BCUT2D eigenvalue weighted by Crippen LogP contribution is 2.23. The molecule has 0 saturated carbocycles. The van der Waals surface area contributed by atoms with Crippen LogP contribution < -0.4 is 10.6 Å². The molecule has 9 N–H and O–H groups in total. The van der Waals surface area contributed by atoms with Crippen LogP contribution in [-0.2, 0) is 28.6 Å². The maximum atomic E-state index is 13.4. The topological polar surface area (TPSA) is 245 Å². The van der Waals surface area contributed by atoms with Crippen molar-refractivity contribution in [3.63, 3.8) is 0 Å². The lowest BCUT2D eigenvalue weighted by Crippen LogP contribution is -2.64. The van der Waals surface area contributed by atoms with E-state index in [-0.39, 0.29) is 25.2 Å². The second-order valence-corrected chi connectivity index (χ2v) is 19.1. The van der Waals surface area contributed by atoms with Gasteiger partial charge in [0.2, 0.25) is 11.8 Å². The van der Waals surface area contributed by atoms with Gasteiger partial charge in [0.1, 0.15) is 48.5 Å². The third kappa shape index (κ3) is 31.5. The van der Waals surface area contributed by atoms with E-state index < -0.39 is 85.6 Å². The van der Waals surface area contributed by atoms with E-state index in [1.165, 1.54) is 109 Å². The van der Waals surface area contributed by atoms with Gasteiger partial charge in [0, 0.05) is 6.42 Å². The zero-order valence-electron chi connectivity index (χ0n) is 42.2. The minimum Gasteiger partial charge on any atom is -0.508 e. The summed E-state index contributed by atoms with van der Waals surface area (Å²) in [6.45, 7) is 4.97. The molecule has 1 fully saturated rings. The fourth-order valence-electron chi connectivity index (χ4n) is 8.59. The van der Waals surface area contributed by atoms with E-state index in [0.29, 0.717) is 19.3 Å². The Bertz CT molecular complexity index is 1270. The molecule has 0 bridgehead atoms. The lowest BCUT2D eigenvalue weighted by Gasteiger charge is -2.41. The first-order valence-electron chi connectivity index (χ1n) is 26.9. The number of esters is 1. The van der Waals surface area contributed by atoms with Crippen LogP contribution in [0.1, 0.15) is 239 Å². The monoisotopic (exact) mass is 959 g/mol. The van der Waals surface area contributed by atoms with Gasteiger partial charge >= 0.3 is 5.97 Å². The van der Waals surface area contributed by atoms with Crippen molar-refractivity contribution in [3.05, 3.63) is 11.5 Å². The van der Waals surface area contributed by atoms with Crippen molar-refractivity contribution < 1.29 is 64.3 Å². The number of hydrogen-bond donors (Lipinski definition) is 9. The predicted molar refractivity (Wildman–Crippen MR) is 262 cm³/mol. The van der Waals surface area contributed by atoms with Crippen LogP contribution in [0.4, 0.5) is 0 Å². The van der Waals surface area contributed by atoms with E-state index in [2.05, 4.69) is 31.4 Å². The minimum absolute atomic E-state index is 0.240. The van der Waals surface area contributed by atoms with Crippen molar-refractivity contribution in [2.45, 2.75) is 288 Å². The number of carbonyl (C=O) groups is 3. The van der Waals surface area contributed by atoms with Crippen LogP contribution >= 0.6 is 0 Å². The number of rotatable bonds is 44. The highest BCUT2D eigenvalue weighted by atomic mass is 16.7. The molecule has 67 heavy (non-hydrogen) atoms. The summed E-state index contributed by atoms with van der Waals surface area (Å²) in [4.78, 5) is 39.0. The summed E-state index contributed by atoms with van der Waals surface area (Å²) in [5, 5.41) is 78.7. The molecule has 0 spiro atoms. The van der Waals surface area contributed by atoms with Gasteiger partial charge in [0.15, 0.2) is 12.6 Å². The Morgan fingerprint density at radius 3 is 1.51 bits per heavy atom. The fourth-order valence-corrected chi connectivity index (χ4v) is 8.59. The number of aliphatic hydroxyl groups excluding tert-OH is 7. The first-order chi connectivity index (χ1) is 32.4. The van der Waals surface area contributed by atoms with E-state index >= 15 is 0 Å². The van der Waals surface area contributed by atoms with E-state index in [9.17, 15) is 50.1 Å². The van der Waals surface area contributed by atoms with E-state index in [1.807, 2.05) is 0 Å². The van der Waals surface area contributed by atoms with E-state index in [4.69, 9.17) is 14.2 Å². The van der Waals surface area contributed by atoms with Gasteiger partial charge in [-0.15, -0.1) is 0 Å². The second kappa shape index (κ2) is 41.4. The van der Waals surface area contributed by atoms with Gasteiger partial charge in [0.05, 0.1) is 25.6 Å². The number of hydrogen-bond acceptors (Lipinski definition) is 13.